The maximum atomic E-state index is 14.3. The molecule has 0 aliphatic carbocycles. The number of nitrogens with zero attached hydrogens (tertiary/aromatic N) is 2. The third-order valence-corrected chi connectivity index (χ3v) is 8.76. The summed E-state index contributed by atoms with van der Waals surface area (Å²) in [6, 6.07) is 2.31. The van der Waals surface area contributed by atoms with Crippen LogP contribution < -0.4 is 20.7 Å². The fourth-order valence-electron chi connectivity index (χ4n) is 5.61. The lowest BCUT2D eigenvalue weighted by atomic mass is 10.1. The van der Waals surface area contributed by atoms with Crippen LogP contribution in [-0.2, 0) is 40.1 Å². The van der Waals surface area contributed by atoms with E-state index in [2.05, 4.69) is 15.4 Å². The normalized spacial score (nSPS) is 18.4. The van der Waals surface area contributed by atoms with E-state index in [1.807, 2.05) is 5.32 Å². The van der Waals surface area contributed by atoms with E-state index in [0.717, 1.165) is 11.3 Å². The molecule has 2 aromatic carbocycles. The molecule has 2 fully saturated rings. The molecule has 0 spiro atoms. The lowest BCUT2D eigenvalue weighted by Gasteiger charge is -2.30. The molecule has 2 saturated heterocycles. The number of carbonyl (C=O) groups is 6. The zero-order valence-corrected chi connectivity index (χ0v) is 28.9. The van der Waals surface area contributed by atoms with Gasteiger partial charge in [0.15, 0.2) is 6.04 Å². The van der Waals surface area contributed by atoms with Crippen molar-refractivity contribution in [3.8, 4) is 5.75 Å². The van der Waals surface area contributed by atoms with E-state index in [9.17, 15) is 50.7 Å². The van der Waals surface area contributed by atoms with Gasteiger partial charge in [-0.1, -0.05) is 30.3 Å². The second-order valence-corrected chi connectivity index (χ2v) is 12.4. The number of nitrogens with one attached hydrogen (secondary N) is 3. The molecule has 2 aromatic rings. The van der Waals surface area contributed by atoms with Gasteiger partial charge in [-0.05, 0) is 51.6 Å². The first-order valence-corrected chi connectivity index (χ1v) is 16.6. The minimum atomic E-state index is -2.51. The van der Waals surface area contributed by atoms with Gasteiger partial charge in [0, 0.05) is 13.6 Å². The highest BCUT2D eigenvalue weighted by molar-refractivity contribution is 5.94. The molecule has 3 N–H and O–H groups in total. The molecule has 5 atom stereocenters. The SMILES string of the molecule is C[C@H](NC(=O)[C@H](C)N(C)C(=O)[C@@H]1CCCN1)C(=O)N1CCC[C@H]1C(=O)OC[C@H](NC(=O)OCc1ccccc1)C(=O)Oc1c(F)c(F)c(F)c(F)c1F. The lowest BCUT2D eigenvalue weighted by molar-refractivity contribution is -0.156. The Labute approximate surface area is 300 Å². The van der Waals surface area contributed by atoms with Crippen LogP contribution in [0.4, 0.5) is 26.7 Å². The van der Waals surface area contributed by atoms with Crippen LogP contribution >= 0.6 is 0 Å². The summed E-state index contributed by atoms with van der Waals surface area (Å²) in [5.74, 6) is -18.7. The van der Waals surface area contributed by atoms with Crippen LogP contribution in [0, 0.1) is 29.1 Å². The molecule has 288 valence electrons. The molecule has 2 aliphatic heterocycles. The van der Waals surface area contributed by atoms with Crippen molar-refractivity contribution in [2.45, 2.75) is 76.3 Å². The maximum Gasteiger partial charge on any atom is 0.408 e. The summed E-state index contributed by atoms with van der Waals surface area (Å²) in [6.45, 7) is 2.21. The van der Waals surface area contributed by atoms with Gasteiger partial charge >= 0.3 is 18.0 Å². The number of hydrogen-bond acceptors (Lipinski definition) is 10. The summed E-state index contributed by atoms with van der Waals surface area (Å²) < 4.78 is 84.3. The van der Waals surface area contributed by atoms with Crippen LogP contribution in [-0.4, -0.2) is 103 Å². The largest absolute Gasteiger partial charge is 0.461 e. The number of alkyl carbamates (subject to hydrolysis) is 1. The quantitative estimate of drug-likeness (QED) is 0.0906. The maximum absolute atomic E-state index is 14.3. The van der Waals surface area contributed by atoms with Crippen molar-refractivity contribution >= 4 is 35.8 Å². The molecule has 53 heavy (non-hydrogen) atoms. The van der Waals surface area contributed by atoms with Crippen LogP contribution in [0.25, 0.3) is 0 Å². The highest BCUT2D eigenvalue weighted by Gasteiger charge is 2.40. The first-order valence-electron chi connectivity index (χ1n) is 16.6. The molecule has 4 rings (SSSR count). The molecule has 0 aromatic heterocycles. The van der Waals surface area contributed by atoms with Crippen molar-refractivity contribution in [1.29, 1.82) is 0 Å². The summed E-state index contributed by atoms with van der Waals surface area (Å²) in [5, 5.41) is 7.57. The van der Waals surface area contributed by atoms with E-state index in [-0.39, 0.29) is 25.5 Å². The zero-order chi connectivity index (χ0) is 39.0. The van der Waals surface area contributed by atoms with Crippen LogP contribution in [0.1, 0.15) is 45.1 Å². The second-order valence-electron chi connectivity index (χ2n) is 12.4. The highest BCUT2D eigenvalue weighted by Crippen LogP contribution is 2.29. The summed E-state index contributed by atoms with van der Waals surface area (Å²) >= 11 is 0. The van der Waals surface area contributed by atoms with Crippen LogP contribution in [0.2, 0.25) is 0 Å². The predicted octanol–water partition coefficient (Wildman–Crippen LogP) is 2.22. The first kappa shape index (κ1) is 40.4. The smallest absolute Gasteiger partial charge is 0.408 e. The van der Waals surface area contributed by atoms with Gasteiger partial charge in [0.1, 0.15) is 31.3 Å². The van der Waals surface area contributed by atoms with Gasteiger partial charge in [-0.3, -0.25) is 14.4 Å². The number of likely N-dealkylation sites (N-methyl/N-ethyl adjacent to an activating group) is 1. The Morgan fingerprint density at radius 2 is 1.53 bits per heavy atom. The van der Waals surface area contributed by atoms with Gasteiger partial charge in [0.2, 0.25) is 52.6 Å². The van der Waals surface area contributed by atoms with E-state index >= 15 is 0 Å². The van der Waals surface area contributed by atoms with Crippen LogP contribution in [0.5, 0.6) is 5.75 Å². The van der Waals surface area contributed by atoms with Crippen LogP contribution in [0.3, 0.4) is 0 Å². The lowest BCUT2D eigenvalue weighted by Crippen LogP contribution is -2.56. The average molecular weight is 756 g/mol. The van der Waals surface area contributed by atoms with Crippen molar-refractivity contribution in [2.75, 3.05) is 26.7 Å². The number of halogens is 5. The van der Waals surface area contributed by atoms with Gasteiger partial charge in [-0.2, -0.15) is 8.78 Å². The van der Waals surface area contributed by atoms with Gasteiger partial charge in [-0.25, -0.2) is 27.6 Å². The topological polar surface area (TPSA) is 173 Å². The predicted molar refractivity (Wildman–Crippen MR) is 172 cm³/mol. The second kappa shape index (κ2) is 17.9. The van der Waals surface area contributed by atoms with Crippen molar-refractivity contribution in [1.82, 2.24) is 25.8 Å². The van der Waals surface area contributed by atoms with Crippen molar-refractivity contribution in [3.63, 3.8) is 0 Å². The standard InChI is InChI=1S/C34H38F5N5O9/c1-17(41-29(45)18(2)43(3)31(47)20-11-7-13-40-20)30(46)44-14-8-12-22(44)33(49)51-16-21(42-34(50)52-15-19-9-5-4-6-10-19)32(48)53-28-26(38)24(36)23(35)25(37)27(28)39/h4-6,9-10,17-18,20-22,40H,7-8,11-16H2,1-3H3,(H,41,45)(H,42,50)/t17-,18-,20-,21-,22-/m0/s1. The minimum absolute atomic E-state index is 0.0654. The van der Waals surface area contributed by atoms with Crippen molar-refractivity contribution in [3.05, 3.63) is 65.0 Å². The van der Waals surface area contributed by atoms with Crippen molar-refractivity contribution in [2.24, 2.45) is 0 Å². The third-order valence-electron chi connectivity index (χ3n) is 8.76. The van der Waals surface area contributed by atoms with Gasteiger partial charge in [0.25, 0.3) is 0 Å². The number of rotatable bonds is 13. The molecule has 0 radical (unpaired) electrons. The number of benzene rings is 2. The Bertz CT molecular complexity index is 1680. The molecule has 0 saturated carbocycles. The van der Waals surface area contributed by atoms with E-state index < -0.39 is 101 Å². The third kappa shape index (κ3) is 9.76. The Hall–Kier alpha value is -5.33. The fraction of sp³-hybridized carbons (Fsp3) is 0.471. The van der Waals surface area contributed by atoms with E-state index in [1.165, 1.54) is 25.8 Å². The van der Waals surface area contributed by atoms with E-state index in [1.54, 1.807) is 30.3 Å². The number of carbonyl (C=O) groups excluding carboxylic acids is 6. The number of amides is 4. The Morgan fingerprint density at radius 1 is 0.887 bits per heavy atom. The highest BCUT2D eigenvalue weighted by atomic mass is 19.2. The molecule has 0 bridgehead atoms. The molecular weight excluding hydrogens is 717 g/mol. The summed E-state index contributed by atoms with van der Waals surface area (Å²) in [6.07, 6.45) is 0.536. The number of ether oxygens (including phenoxy) is 3. The summed E-state index contributed by atoms with van der Waals surface area (Å²) in [7, 11) is 1.47. The molecular formula is C34H38F5N5O9. The molecule has 2 heterocycles. The molecule has 0 unspecified atom stereocenters. The molecule has 14 nitrogen and oxygen atoms in total. The summed E-state index contributed by atoms with van der Waals surface area (Å²) in [4.78, 5) is 80.2. The van der Waals surface area contributed by atoms with Crippen molar-refractivity contribution < 1.29 is 64.9 Å². The number of esters is 2. The molecule has 2 aliphatic rings. The van der Waals surface area contributed by atoms with Gasteiger partial charge in [0.05, 0.1) is 6.04 Å². The fourth-order valence-corrected chi connectivity index (χ4v) is 5.61. The summed E-state index contributed by atoms with van der Waals surface area (Å²) in [5.41, 5.74) is 0.516. The Balaban J connectivity index is 1.41. The van der Waals surface area contributed by atoms with Gasteiger partial charge < -0.3 is 40.0 Å². The number of likely N-dealkylation sites (tertiary alicyclic amines) is 1. The average Bonchev–Trinajstić information content (AvgIpc) is 3.88. The molecule has 19 heteroatoms. The van der Waals surface area contributed by atoms with Crippen LogP contribution in [0.15, 0.2) is 30.3 Å². The molecule has 4 amide bonds. The number of hydrogen-bond donors (Lipinski definition) is 3. The minimum Gasteiger partial charge on any atom is -0.461 e. The first-order chi connectivity index (χ1) is 25.1. The Morgan fingerprint density at radius 3 is 2.15 bits per heavy atom. The van der Waals surface area contributed by atoms with E-state index in [0.29, 0.717) is 24.9 Å². The monoisotopic (exact) mass is 755 g/mol. The van der Waals surface area contributed by atoms with Gasteiger partial charge in [-0.15, -0.1) is 0 Å². The zero-order valence-electron chi connectivity index (χ0n) is 28.9. The Kier molecular flexibility index (Phi) is 13.7. The van der Waals surface area contributed by atoms with E-state index in [4.69, 9.17) is 9.47 Å².